The molecule has 0 aromatic carbocycles. The van der Waals surface area contributed by atoms with Gasteiger partial charge in [0.2, 0.25) is 0 Å². The first-order valence-electron chi connectivity index (χ1n) is 39.2. The first-order valence-corrected chi connectivity index (χ1v) is 42.2. The zero-order chi connectivity index (χ0) is 70.3. The molecule has 0 amide bonds. The minimum Gasteiger partial charge on any atom is -0.462 e. The third-order valence-electron chi connectivity index (χ3n) is 17.6. The molecule has 0 aromatic heterocycles. The lowest BCUT2D eigenvalue weighted by Gasteiger charge is -2.21. The van der Waals surface area contributed by atoms with Crippen LogP contribution in [0.25, 0.3) is 0 Å². The predicted molar refractivity (Wildman–Crippen MR) is 386 cm³/mol. The Balaban J connectivity index is 5.24. The largest absolute Gasteiger partial charge is 0.472 e. The van der Waals surface area contributed by atoms with E-state index in [2.05, 4.69) is 55.4 Å². The van der Waals surface area contributed by atoms with E-state index < -0.39 is 97.5 Å². The molecule has 2 unspecified atom stereocenters. The van der Waals surface area contributed by atoms with Gasteiger partial charge in [0.25, 0.3) is 0 Å². The molecule has 5 atom stereocenters. The molecule has 0 saturated carbocycles. The number of rotatable bonds is 73. The van der Waals surface area contributed by atoms with Crippen molar-refractivity contribution in [2.24, 2.45) is 23.7 Å². The van der Waals surface area contributed by atoms with Crippen LogP contribution in [0.1, 0.15) is 383 Å². The molecular formula is C76H148O17P2. The van der Waals surface area contributed by atoms with Crippen molar-refractivity contribution in [1.29, 1.82) is 0 Å². The molecule has 0 aromatic rings. The average molecular weight is 1400 g/mol. The monoisotopic (exact) mass is 1400 g/mol. The first-order chi connectivity index (χ1) is 45.6. The Morgan fingerprint density at radius 1 is 0.263 bits per heavy atom. The number of hydrogen-bond acceptors (Lipinski definition) is 15. The van der Waals surface area contributed by atoms with Crippen LogP contribution in [0, 0.1) is 23.7 Å². The average Bonchev–Trinajstić information content (AvgIpc) is 1.53. The molecular weight excluding hydrogens is 1250 g/mol. The second-order valence-corrected chi connectivity index (χ2v) is 32.2. The summed E-state index contributed by atoms with van der Waals surface area (Å²) >= 11 is 0. The maximum Gasteiger partial charge on any atom is 0.472 e. The van der Waals surface area contributed by atoms with Crippen LogP contribution < -0.4 is 0 Å². The Kier molecular flexibility index (Phi) is 64.0. The summed E-state index contributed by atoms with van der Waals surface area (Å²) in [6.45, 7) is 14.1. The molecule has 0 radical (unpaired) electrons. The second-order valence-electron chi connectivity index (χ2n) is 29.3. The molecule has 3 N–H and O–H groups in total. The molecule has 17 nitrogen and oxygen atoms in total. The van der Waals surface area contributed by atoms with Gasteiger partial charge in [0.15, 0.2) is 12.2 Å². The lowest BCUT2D eigenvalue weighted by atomic mass is 10.0. The third-order valence-corrected chi connectivity index (χ3v) is 19.5. The fourth-order valence-electron chi connectivity index (χ4n) is 11.6. The van der Waals surface area contributed by atoms with Crippen LogP contribution in [-0.4, -0.2) is 96.7 Å². The summed E-state index contributed by atoms with van der Waals surface area (Å²) in [4.78, 5) is 72.8. The van der Waals surface area contributed by atoms with Gasteiger partial charge in [-0.05, 0) is 49.4 Å². The number of carbonyl (C=O) groups excluding carboxylic acids is 4. The van der Waals surface area contributed by atoms with Crippen molar-refractivity contribution in [3.8, 4) is 0 Å². The molecule has 0 aliphatic carbocycles. The Labute approximate surface area is 581 Å². The fourth-order valence-corrected chi connectivity index (χ4v) is 13.1. The van der Waals surface area contributed by atoms with Gasteiger partial charge in [-0.2, -0.15) is 0 Å². The normalized spacial score (nSPS) is 14.1. The standard InChI is InChI=1S/C76H148O17P2/c1-66(2)52-44-36-28-22-16-12-9-10-14-18-25-31-40-48-56-73(78)86-62-71(92-75(80)58-50-42-32-26-19-15-11-13-17-23-29-37-45-53-67(3)4)64-90-94(82,83)88-60-70(77)61-89-95(84,85)91-65-72(63-87-74(79)57-49-41-35-34-39-47-55-69(7)8)93-76(81)59-51-43-33-27-21-20-24-30-38-46-54-68(5)6/h66-72,77H,9-65H2,1-8H3,(H,82,83)(H,84,85)/t70-,71-,72-/m1/s1. The van der Waals surface area contributed by atoms with Crippen molar-refractivity contribution in [3.63, 3.8) is 0 Å². The number of phosphoric ester groups is 2. The van der Waals surface area contributed by atoms with Gasteiger partial charge in [0, 0.05) is 25.7 Å². The van der Waals surface area contributed by atoms with Crippen LogP contribution in [0.15, 0.2) is 0 Å². The number of unbranched alkanes of at least 4 members (excludes halogenated alkanes) is 39. The van der Waals surface area contributed by atoms with Gasteiger partial charge in [0.05, 0.1) is 26.4 Å². The van der Waals surface area contributed by atoms with E-state index in [-0.39, 0.29) is 25.7 Å². The number of ether oxygens (including phenoxy) is 4. The van der Waals surface area contributed by atoms with E-state index in [0.29, 0.717) is 31.6 Å². The second kappa shape index (κ2) is 65.4. The lowest BCUT2D eigenvalue weighted by Crippen LogP contribution is -2.30. The molecule has 0 aliphatic heterocycles. The van der Waals surface area contributed by atoms with Gasteiger partial charge in [-0.3, -0.25) is 37.3 Å². The van der Waals surface area contributed by atoms with Crippen molar-refractivity contribution in [2.75, 3.05) is 39.6 Å². The Hall–Kier alpha value is -1.94. The van der Waals surface area contributed by atoms with Crippen molar-refractivity contribution in [1.82, 2.24) is 0 Å². The summed E-state index contributed by atoms with van der Waals surface area (Å²) in [7, 11) is -9.91. The van der Waals surface area contributed by atoms with E-state index in [1.165, 1.54) is 180 Å². The zero-order valence-electron chi connectivity index (χ0n) is 62.3. The molecule has 0 aliphatic rings. The van der Waals surface area contributed by atoms with Gasteiger partial charge in [-0.15, -0.1) is 0 Å². The maximum atomic E-state index is 13.1. The van der Waals surface area contributed by atoms with Crippen LogP contribution in [0.4, 0.5) is 0 Å². The molecule has 0 bridgehead atoms. The van der Waals surface area contributed by atoms with Crippen molar-refractivity contribution in [3.05, 3.63) is 0 Å². The van der Waals surface area contributed by atoms with Crippen molar-refractivity contribution in [2.45, 2.75) is 401 Å². The highest BCUT2D eigenvalue weighted by molar-refractivity contribution is 7.47. The number of esters is 4. The van der Waals surface area contributed by atoms with Gasteiger partial charge >= 0.3 is 39.5 Å². The van der Waals surface area contributed by atoms with Crippen molar-refractivity contribution >= 4 is 39.5 Å². The first kappa shape index (κ1) is 93.1. The number of aliphatic hydroxyl groups excluding tert-OH is 1. The van der Waals surface area contributed by atoms with Crippen LogP contribution in [0.2, 0.25) is 0 Å². The van der Waals surface area contributed by atoms with E-state index >= 15 is 0 Å². The minimum absolute atomic E-state index is 0.105. The molecule has 0 heterocycles. The van der Waals surface area contributed by atoms with E-state index in [0.717, 1.165) is 114 Å². The number of aliphatic hydroxyl groups is 1. The smallest absolute Gasteiger partial charge is 0.462 e. The van der Waals surface area contributed by atoms with E-state index in [1.54, 1.807) is 0 Å². The Bertz CT molecular complexity index is 1870. The Morgan fingerprint density at radius 2 is 0.442 bits per heavy atom. The number of phosphoric acid groups is 2. The number of carbonyl (C=O) groups is 4. The van der Waals surface area contributed by atoms with Crippen molar-refractivity contribution < 1.29 is 80.2 Å². The highest BCUT2D eigenvalue weighted by Crippen LogP contribution is 2.45. The van der Waals surface area contributed by atoms with E-state index in [1.807, 2.05) is 0 Å². The lowest BCUT2D eigenvalue weighted by molar-refractivity contribution is -0.161. The van der Waals surface area contributed by atoms with Gasteiger partial charge in [0.1, 0.15) is 19.3 Å². The van der Waals surface area contributed by atoms with E-state index in [9.17, 15) is 43.2 Å². The zero-order valence-corrected chi connectivity index (χ0v) is 64.1. The molecule has 564 valence electrons. The van der Waals surface area contributed by atoms with E-state index in [4.69, 9.17) is 37.0 Å². The topological polar surface area (TPSA) is 237 Å². The fraction of sp³-hybridized carbons (Fsp3) is 0.947. The quantitative estimate of drug-likeness (QED) is 0.0222. The molecule has 0 spiro atoms. The summed E-state index contributed by atoms with van der Waals surface area (Å²) in [5.74, 6) is 0.895. The van der Waals surface area contributed by atoms with Gasteiger partial charge < -0.3 is 33.8 Å². The third kappa shape index (κ3) is 70.3. The predicted octanol–water partition coefficient (Wildman–Crippen LogP) is 22.0. The Morgan fingerprint density at radius 3 is 0.653 bits per heavy atom. The summed E-state index contributed by atoms with van der Waals surface area (Å²) in [6.07, 6.45) is 50.1. The maximum absolute atomic E-state index is 13.1. The van der Waals surface area contributed by atoms with Gasteiger partial charge in [-0.25, -0.2) is 9.13 Å². The SMILES string of the molecule is CC(C)CCCCCCCCCCCCCCCCC(=O)OC[C@H](COP(=O)(O)OC[C@@H](O)COP(=O)(O)OC[C@@H](COC(=O)CCCCCCCCC(C)C)OC(=O)CCCCCCCCCCCCC(C)C)OC(=O)CCCCCCCCCCCCCCCC(C)C. The van der Waals surface area contributed by atoms with Crippen LogP contribution in [-0.2, 0) is 65.4 Å². The molecule has 0 saturated heterocycles. The van der Waals surface area contributed by atoms with Crippen LogP contribution >= 0.6 is 15.6 Å². The van der Waals surface area contributed by atoms with Gasteiger partial charge in [-0.1, -0.05) is 331 Å². The molecule has 0 rings (SSSR count). The molecule has 19 heteroatoms. The molecule has 0 fully saturated rings. The molecule has 95 heavy (non-hydrogen) atoms. The number of hydrogen-bond donors (Lipinski definition) is 3. The summed E-state index contributed by atoms with van der Waals surface area (Å²) in [6, 6.07) is 0. The van der Waals surface area contributed by atoms with Crippen LogP contribution in [0.3, 0.4) is 0 Å². The summed E-state index contributed by atoms with van der Waals surface area (Å²) in [5.41, 5.74) is 0. The highest BCUT2D eigenvalue weighted by atomic mass is 31.2. The minimum atomic E-state index is -4.96. The highest BCUT2D eigenvalue weighted by Gasteiger charge is 2.30. The summed E-state index contributed by atoms with van der Waals surface area (Å²) < 4.78 is 68.5. The summed E-state index contributed by atoms with van der Waals surface area (Å²) in [5, 5.41) is 10.6. The van der Waals surface area contributed by atoms with Crippen LogP contribution in [0.5, 0.6) is 0 Å².